The van der Waals surface area contributed by atoms with Crippen molar-refractivity contribution in [2.45, 2.75) is 12.4 Å². The summed E-state index contributed by atoms with van der Waals surface area (Å²) in [4.78, 5) is 15.1. The number of halogens is 6. The van der Waals surface area contributed by atoms with Gasteiger partial charge in [0, 0.05) is 17.3 Å². The Kier molecular flexibility index (Phi) is 4.66. The van der Waals surface area contributed by atoms with Crippen LogP contribution in [0.15, 0.2) is 48.7 Å². The zero-order chi connectivity index (χ0) is 20.7. The van der Waals surface area contributed by atoms with Gasteiger partial charge in [-0.25, -0.2) is 4.79 Å². The maximum Gasteiger partial charge on any atom is 0.418 e. The number of pyridine rings is 1. The molecule has 0 aliphatic heterocycles. The van der Waals surface area contributed by atoms with E-state index in [-0.39, 0.29) is 16.8 Å². The van der Waals surface area contributed by atoms with Crippen LogP contribution in [-0.2, 0) is 12.4 Å². The van der Waals surface area contributed by atoms with E-state index in [0.29, 0.717) is 0 Å². The third-order valence-corrected chi connectivity index (χ3v) is 3.89. The molecule has 0 amide bonds. The van der Waals surface area contributed by atoms with Gasteiger partial charge >= 0.3 is 18.3 Å². The molecule has 10 heteroatoms. The van der Waals surface area contributed by atoms with Gasteiger partial charge in [0.1, 0.15) is 5.56 Å². The maximum atomic E-state index is 13.2. The summed E-state index contributed by atoms with van der Waals surface area (Å²) in [6, 6.07) is 6.93. The second kappa shape index (κ2) is 6.70. The van der Waals surface area contributed by atoms with Crippen molar-refractivity contribution in [1.29, 1.82) is 0 Å². The molecule has 3 aromatic rings. The SMILES string of the molecule is O=C(O)c1cnc2c(C(F)(F)F)cccc2c1Nc1cccc(C(F)(F)F)c1. The van der Waals surface area contributed by atoms with E-state index in [1.54, 1.807) is 0 Å². The Hall–Kier alpha value is -3.30. The number of carboxylic acids is 1. The quantitative estimate of drug-likeness (QED) is 0.553. The first-order valence-electron chi connectivity index (χ1n) is 7.65. The molecule has 0 radical (unpaired) electrons. The predicted octanol–water partition coefficient (Wildman–Crippen LogP) is 5.71. The summed E-state index contributed by atoms with van der Waals surface area (Å²) >= 11 is 0. The Labute approximate surface area is 153 Å². The van der Waals surface area contributed by atoms with Crippen LogP contribution in [0.4, 0.5) is 37.7 Å². The molecule has 0 aliphatic rings. The average Bonchev–Trinajstić information content (AvgIpc) is 2.60. The molecule has 0 saturated heterocycles. The number of aromatic nitrogens is 1. The summed E-state index contributed by atoms with van der Waals surface area (Å²) in [5, 5.41) is 11.6. The fourth-order valence-electron chi connectivity index (χ4n) is 2.67. The monoisotopic (exact) mass is 400 g/mol. The molecule has 0 spiro atoms. The molecular formula is C18H10F6N2O2. The second-order valence-electron chi connectivity index (χ2n) is 5.76. The van der Waals surface area contributed by atoms with Crippen LogP contribution < -0.4 is 5.32 Å². The number of aromatic carboxylic acids is 1. The van der Waals surface area contributed by atoms with E-state index >= 15 is 0 Å². The van der Waals surface area contributed by atoms with Gasteiger partial charge < -0.3 is 10.4 Å². The molecule has 0 aliphatic carbocycles. The van der Waals surface area contributed by atoms with Crippen LogP contribution in [0.2, 0.25) is 0 Å². The lowest BCUT2D eigenvalue weighted by atomic mass is 10.0. The average molecular weight is 400 g/mol. The molecule has 3 rings (SSSR count). The Bertz CT molecular complexity index is 1060. The van der Waals surface area contributed by atoms with Crippen LogP contribution in [0.3, 0.4) is 0 Å². The molecule has 2 N–H and O–H groups in total. The Morgan fingerprint density at radius 2 is 1.64 bits per heavy atom. The smallest absolute Gasteiger partial charge is 0.418 e. The number of nitrogens with zero attached hydrogens (tertiary/aromatic N) is 1. The molecule has 0 bridgehead atoms. The molecule has 1 aromatic heterocycles. The van der Waals surface area contributed by atoms with Gasteiger partial charge in [0.15, 0.2) is 0 Å². The Balaban J connectivity index is 2.22. The normalized spacial score (nSPS) is 12.2. The summed E-state index contributed by atoms with van der Waals surface area (Å²) in [5.74, 6) is -1.50. The van der Waals surface area contributed by atoms with E-state index in [4.69, 9.17) is 0 Å². The van der Waals surface area contributed by atoms with E-state index < -0.39 is 40.5 Å². The number of benzene rings is 2. The van der Waals surface area contributed by atoms with E-state index in [9.17, 15) is 36.2 Å². The van der Waals surface area contributed by atoms with Gasteiger partial charge in [-0.2, -0.15) is 26.3 Å². The van der Waals surface area contributed by atoms with Crippen LogP contribution in [0.1, 0.15) is 21.5 Å². The second-order valence-corrected chi connectivity index (χ2v) is 5.76. The van der Waals surface area contributed by atoms with Crippen molar-refractivity contribution in [2.75, 3.05) is 5.32 Å². The van der Waals surface area contributed by atoms with Crippen LogP contribution in [0.25, 0.3) is 10.9 Å². The molecule has 1 heterocycles. The summed E-state index contributed by atoms with van der Waals surface area (Å²) in [6.45, 7) is 0. The summed E-state index contributed by atoms with van der Waals surface area (Å²) in [5.41, 5.74) is -3.51. The van der Waals surface area contributed by atoms with Gasteiger partial charge in [-0.1, -0.05) is 18.2 Å². The lowest BCUT2D eigenvalue weighted by Gasteiger charge is -2.16. The fourth-order valence-corrected chi connectivity index (χ4v) is 2.67. The third-order valence-electron chi connectivity index (χ3n) is 3.89. The molecule has 146 valence electrons. The number of carboxylic acid groups (broad SMARTS) is 1. The maximum absolute atomic E-state index is 13.2. The number of fused-ring (bicyclic) bond motifs is 1. The Morgan fingerprint density at radius 1 is 0.964 bits per heavy atom. The molecule has 0 fully saturated rings. The highest BCUT2D eigenvalue weighted by Gasteiger charge is 2.34. The highest BCUT2D eigenvalue weighted by Crippen LogP contribution is 2.38. The van der Waals surface area contributed by atoms with Crippen LogP contribution >= 0.6 is 0 Å². The van der Waals surface area contributed by atoms with Gasteiger partial charge in [-0.15, -0.1) is 0 Å². The minimum Gasteiger partial charge on any atom is -0.478 e. The predicted molar refractivity (Wildman–Crippen MR) is 88.4 cm³/mol. The van der Waals surface area contributed by atoms with E-state index in [0.717, 1.165) is 36.5 Å². The molecular weight excluding hydrogens is 390 g/mol. The number of alkyl halides is 6. The van der Waals surface area contributed by atoms with Crippen LogP contribution in [-0.4, -0.2) is 16.1 Å². The minimum absolute atomic E-state index is 0.137. The van der Waals surface area contributed by atoms with Crippen molar-refractivity contribution in [3.63, 3.8) is 0 Å². The van der Waals surface area contributed by atoms with Gasteiger partial charge in [-0.05, 0) is 24.3 Å². The number of nitrogens with one attached hydrogen (secondary N) is 1. The zero-order valence-electron chi connectivity index (χ0n) is 13.7. The third kappa shape index (κ3) is 3.71. The van der Waals surface area contributed by atoms with Gasteiger partial charge in [0.05, 0.1) is 22.3 Å². The van der Waals surface area contributed by atoms with Crippen molar-refractivity contribution in [3.05, 3.63) is 65.4 Å². The molecule has 2 aromatic carbocycles. The first-order chi connectivity index (χ1) is 13.0. The van der Waals surface area contributed by atoms with Crippen molar-refractivity contribution >= 4 is 28.2 Å². The molecule has 0 saturated carbocycles. The number of carbonyl (C=O) groups is 1. The van der Waals surface area contributed by atoms with E-state index in [2.05, 4.69) is 10.3 Å². The molecule has 28 heavy (non-hydrogen) atoms. The van der Waals surface area contributed by atoms with E-state index in [1.165, 1.54) is 12.1 Å². The van der Waals surface area contributed by atoms with Crippen molar-refractivity contribution in [1.82, 2.24) is 4.98 Å². The number of para-hydroxylation sites is 1. The lowest BCUT2D eigenvalue weighted by Crippen LogP contribution is -2.10. The molecule has 0 unspecified atom stereocenters. The first-order valence-corrected chi connectivity index (χ1v) is 7.65. The highest BCUT2D eigenvalue weighted by atomic mass is 19.4. The number of anilines is 2. The molecule has 4 nitrogen and oxygen atoms in total. The van der Waals surface area contributed by atoms with Crippen LogP contribution in [0.5, 0.6) is 0 Å². The van der Waals surface area contributed by atoms with Gasteiger partial charge in [-0.3, -0.25) is 4.98 Å². The number of rotatable bonds is 3. The van der Waals surface area contributed by atoms with Crippen molar-refractivity contribution in [2.24, 2.45) is 0 Å². The van der Waals surface area contributed by atoms with E-state index in [1.807, 2.05) is 0 Å². The minimum atomic E-state index is -4.75. The topological polar surface area (TPSA) is 62.2 Å². The van der Waals surface area contributed by atoms with Gasteiger partial charge in [0.2, 0.25) is 0 Å². The standard InChI is InChI=1S/C18H10F6N2O2/c19-17(20,21)9-3-1-4-10(7-9)26-14-11-5-2-6-13(18(22,23)24)15(11)25-8-12(14)16(27)28/h1-8H,(H,25,26)(H,27,28). The summed E-state index contributed by atoms with van der Waals surface area (Å²) in [6.07, 6.45) is -8.66. The first kappa shape index (κ1) is 19.5. The van der Waals surface area contributed by atoms with Crippen molar-refractivity contribution in [3.8, 4) is 0 Å². The number of hydrogen-bond donors (Lipinski definition) is 2. The van der Waals surface area contributed by atoms with Crippen molar-refractivity contribution < 1.29 is 36.2 Å². The van der Waals surface area contributed by atoms with Crippen LogP contribution in [0, 0.1) is 0 Å². The zero-order valence-corrected chi connectivity index (χ0v) is 13.7. The summed E-state index contributed by atoms with van der Waals surface area (Å²) in [7, 11) is 0. The number of hydrogen-bond acceptors (Lipinski definition) is 3. The Morgan fingerprint density at radius 3 is 2.25 bits per heavy atom. The molecule has 0 atom stereocenters. The van der Waals surface area contributed by atoms with Gasteiger partial charge in [0.25, 0.3) is 0 Å². The summed E-state index contributed by atoms with van der Waals surface area (Å²) < 4.78 is 78.3. The lowest BCUT2D eigenvalue weighted by molar-refractivity contribution is -0.138. The largest absolute Gasteiger partial charge is 0.478 e. The highest BCUT2D eigenvalue weighted by molar-refractivity contribution is 6.06. The fraction of sp³-hybridized carbons (Fsp3) is 0.111.